The summed E-state index contributed by atoms with van der Waals surface area (Å²) in [6.45, 7) is 4.09. The van der Waals surface area contributed by atoms with Crippen molar-refractivity contribution in [1.29, 1.82) is 0 Å². The quantitative estimate of drug-likeness (QED) is 0.914. The van der Waals surface area contributed by atoms with E-state index in [-0.39, 0.29) is 12.1 Å². The SMILES string of the molecule is CC(C)Oc1ccccc1C(N)C1Cc2ccccc21. The van der Waals surface area contributed by atoms with Gasteiger partial charge in [-0.05, 0) is 37.5 Å². The van der Waals surface area contributed by atoms with Crippen molar-refractivity contribution in [2.24, 2.45) is 5.73 Å². The fraction of sp³-hybridized carbons (Fsp3) is 0.333. The lowest BCUT2D eigenvalue weighted by Crippen LogP contribution is -2.29. The molecular formula is C18H21NO. The number of rotatable bonds is 4. The first-order chi connectivity index (χ1) is 9.66. The van der Waals surface area contributed by atoms with E-state index in [0.717, 1.165) is 17.7 Å². The first-order valence-electron chi connectivity index (χ1n) is 7.26. The second kappa shape index (κ2) is 5.29. The Morgan fingerprint density at radius 3 is 2.50 bits per heavy atom. The summed E-state index contributed by atoms with van der Waals surface area (Å²) >= 11 is 0. The van der Waals surface area contributed by atoms with E-state index >= 15 is 0 Å². The van der Waals surface area contributed by atoms with Crippen LogP contribution < -0.4 is 10.5 Å². The zero-order valence-electron chi connectivity index (χ0n) is 12.0. The van der Waals surface area contributed by atoms with Crippen molar-refractivity contribution in [2.45, 2.75) is 38.3 Å². The highest BCUT2D eigenvalue weighted by Gasteiger charge is 2.32. The van der Waals surface area contributed by atoms with Crippen LogP contribution in [0.4, 0.5) is 0 Å². The molecule has 0 amide bonds. The number of nitrogens with two attached hydrogens (primary N) is 1. The van der Waals surface area contributed by atoms with Gasteiger partial charge in [0, 0.05) is 17.5 Å². The second-order valence-corrected chi connectivity index (χ2v) is 5.74. The highest BCUT2D eigenvalue weighted by Crippen LogP contribution is 2.44. The fourth-order valence-corrected chi connectivity index (χ4v) is 2.95. The Balaban J connectivity index is 1.87. The predicted octanol–water partition coefficient (Wildman–Crippen LogP) is 3.81. The Morgan fingerprint density at radius 1 is 1.05 bits per heavy atom. The first-order valence-corrected chi connectivity index (χ1v) is 7.26. The van der Waals surface area contributed by atoms with E-state index < -0.39 is 0 Å². The molecule has 1 aliphatic rings. The van der Waals surface area contributed by atoms with Gasteiger partial charge in [-0.25, -0.2) is 0 Å². The minimum absolute atomic E-state index is 0.000139. The van der Waals surface area contributed by atoms with Crippen LogP contribution in [-0.2, 0) is 6.42 Å². The Hall–Kier alpha value is -1.80. The monoisotopic (exact) mass is 267 g/mol. The van der Waals surface area contributed by atoms with Crippen LogP contribution in [0.3, 0.4) is 0 Å². The molecule has 1 aliphatic carbocycles. The normalized spacial score (nSPS) is 18.3. The van der Waals surface area contributed by atoms with E-state index in [4.69, 9.17) is 10.5 Å². The molecule has 0 aromatic heterocycles. The molecule has 2 aromatic rings. The predicted molar refractivity (Wildman–Crippen MR) is 82.0 cm³/mol. The van der Waals surface area contributed by atoms with E-state index in [1.807, 2.05) is 32.0 Å². The smallest absolute Gasteiger partial charge is 0.124 e. The van der Waals surface area contributed by atoms with Crippen molar-refractivity contribution >= 4 is 0 Å². The van der Waals surface area contributed by atoms with Crippen molar-refractivity contribution in [2.75, 3.05) is 0 Å². The average molecular weight is 267 g/mol. The lowest BCUT2D eigenvalue weighted by molar-refractivity contribution is 0.237. The van der Waals surface area contributed by atoms with Crippen LogP contribution in [-0.4, -0.2) is 6.10 Å². The Labute approximate surface area is 120 Å². The largest absolute Gasteiger partial charge is 0.491 e. The summed E-state index contributed by atoms with van der Waals surface area (Å²) in [4.78, 5) is 0. The molecule has 2 aromatic carbocycles. The lowest BCUT2D eigenvalue weighted by Gasteiger charge is -2.35. The topological polar surface area (TPSA) is 35.2 Å². The van der Waals surface area contributed by atoms with Gasteiger partial charge in [0.1, 0.15) is 5.75 Å². The van der Waals surface area contributed by atoms with E-state index in [0.29, 0.717) is 5.92 Å². The Kier molecular flexibility index (Phi) is 3.49. The molecule has 0 heterocycles. The summed E-state index contributed by atoms with van der Waals surface area (Å²) in [6, 6.07) is 16.7. The van der Waals surface area contributed by atoms with Crippen LogP contribution in [0.25, 0.3) is 0 Å². The van der Waals surface area contributed by atoms with Crippen LogP contribution in [0.15, 0.2) is 48.5 Å². The van der Waals surface area contributed by atoms with Crippen LogP contribution in [0.2, 0.25) is 0 Å². The average Bonchev–Trinajstić information content (AvgIpc) is 2.40. The maximum absolute atomic E-state index is 6.51. The summed E-state index contributed by atoms with van der Waals surface area (Å²) < 4.78 is 5.89. The zero-order chi connectivity index (χ0) is 14.1. The first kappa shape index (κ1) is 13.2. The lowest BCUT2D eigenvalue weighted by atomic mass is 9.72. The number of hydrogen-bond donors (Lipinski definition) is 1. The van der Waals surface area contributed by atoms with Crippen molar-refractivity contribution in [1.82, 2.24) is 0 Å². The number of ether oxygens (including phenoxy) is 1. The van der Waals surface area contributed by atoms with Gasteiger partial charge in [-0.3, -0.25) is 0 Å². The molecule has 2 nitrogen and oxygen atoms in total. The molecule has 0 spiro atoms. The van der Waals surface area contributed by atoms with Crippen molar-refractivity contribution < 1.29 is 4.74 Å². The van der Waals surface area contributed by atoms with Crippen LogP contribution in [0.1, 0.15) is 42.5 Å². The second-order valence-electron chi connectivity index (χ2n) is 5.74. The van der Waals surface area contributed by atoms with Crippen LogP contribution in [0.5, 0.6) is 5.75 Å². The molecule has 104 valence electrons. The van der Waals surface area contributed by atoms with Gasteiger partial charge >= 0.3 is 0 Å². The molecule has 0 saturated carbocycles. The number of fused-ring (bicyclic) bond motifs is 1. The molecule has 0 radical (unpaired) electrons. The van der Waals surface area contributed by atoms with E-state index in [2.05, 4.69) is 30.3 Å². The van der Waals surface area contributed by atoms with Gasteiger partial charge in [-0.15, -0.1) is 0 Å². The van der Waals surface area contributed by atoms with Crippen LogP contribution in [0, 0.1) is 0 Å². The molecule has 0 aliphatic heterocycles. The van der Waals surface area contributed by atoms with Gasteiger partial charge in [0.2, 0.25) is 0 Å². The molecule has 2 N–H and O–H groups in total. The maximum atomic E-state index is 6.51. The van der Waals surface area contributed by atoms with Crippen molar-refractivity contribution in [3.63, 3.8) is 0 Å². The summed E-state index contributed by atoms with van der Waals surface area (Å²) in [7, 11) is 0. The third-order valence-electron chi connectivity index (χ3n) is 3.97. The van der Waals surface area contributed by atoms with Crippen molar-refractivity contribution in [3.05, 3.63) is 65.2 Å². The number of para-hydroxylation sites is 1. The molecule has 3 rings (SSSR count). The molecular weight excluding hydrogens is 246 g/mol. The molecule has 0 fully saturated rings. The van der Waals surface area contributed by atoms with E-state index in [1.54, 1.807) is 0 Å². The van der Waals surface area contributed by atoms with Gasteiger partial charge < -0.3 is 10.5 Å². The molecule has 0 bridgehead atoms. The zero-order valence-corrected chi connectivity index (χ0v) is 12.0. The summed E-state index contributed by atoms with van der Waals surface area (Å²) in [5, 5.41) is 0. The highest BCUT2D eigenvalue weighted by molar-refractivity contribution is 5.45. The molecule has 0 saturated heterocycles. The molecule has 20 heavy (non-hydrogen) atoms. The van der Waals surface area contributed by atoms with Crippen LogP contribution >= 0.6 is 0 Å². The Morgan fingerprint density at radius 2 is 1.75 bits per heavy atom. The van der Waals surface area contributed by atoms with Crippen molar-refractivity contribution in [3.8, 4) is 5.75 Å². The molecule has 2 heteroatoms. The minimum atomic E-state index is -0.000139. The van der Waals surface area contributed by atoms with Gasteiger partial charge in [0.25, 0.3) is 0 Å². The third kappa shape index (κ3) is 2.32. The molecule has 2 atom stereocenters. The van der Waals surface area contributed by atoms with Gasteiger partial charge in [-0.1, -0.05) is 42.5 Å². The maximum Gasteiger partial charge on any atom is 0.124 e. The summed E-state index contributed by atoms with van der Waals surface area (Å²) in [5.74, 6) is 1.32. The number of benzene rings is 2. The van der Waals surface area contributed by atoms with Gasteiger partial charge in [-0.2, -0.15) is 0 Å². The minimum Gasteiger partial charge on any atom is -0.491 e. The van der Waals surface area contributed by atoms with E-state index in [1.165, 1.54) is 11.1 Å². The fourth-order valence-electron chi connectivity index (χ4n) is 2.95. The number of hydrogen-bond acceptors (Lipinski definition) is 2. The standard InChI is InChI=1S/C18H21NO/c1-12(2)20-17-10-6-5-9-15(17)18(19)16-11-13-7-3-4-8-14(13)16/h3-10,12,16,18H,11,19H2,1-2H3. The van der Waals surface area contributed by atoms with E-state index in [9.17, 15) is 0 Å². The van der Waals surface area contributed by atoms with Gasteiger partial charge in [0.05, 0.1) is 6.10 Å². The third-order valence-corrected chi connectivity index (χ3v) is 3.97. The summed E-state index contributed by atoms with van der Waals surface area (Å²) in [6.07, 6.45) is 1.23. The molecule has 2 unspecified atom stereocenters. The van der Waals surface area contributed by atoms with Gasteiger partial charge in [0.15, 0.2) is 0 Å². The highest BCUT2D eigenvalue weighted by atomic mass is 16.5. The summed E-state index contributed by atoms with van der Waals surface area (Å²) in [5.41, 5.74) is 10.4. The Bertz CT molecular complexity index is 606.